The fourth-order valence-electron chi connectivity index (χ4n) is 2.37. The Bertz CT molecular complexity index is 556. The lowest BCUT2D eigenvalue weighted by Gasteiger charge is -2.11. The highest BCUT2D eigenvalue weighted by atomic mass is 14.7. The van der Waals surface area contributed by atoms with E-state index in [-0.39, 0.29) is 0 Å². The Morgan fingerprint density at radius 3 is 2.53 bits per heavy atom. The van der Waals surface area contributed by atoms with Crippen molar-refractivity contribution < 1.29 is 0 Å². The molecule has 0 fully saturated rings. The SMILES string of the molecule is Cc1cc(C)c2c(N)cc(CC(C)C)nc2c1. The zero-order chi connectivity index (χ0) is 12.6. The summed E-state index contributed by atoms with van der Waals surface area (Å²) in [5.41, 5.74) is 11.6. The molecule has 0 saturated heterocycles. The Balaban J connectivity index is 2.64. The van der Waals surface area contributed by atoms with Gasteiger partial charge in [-0.1, -0.05) is 19.9 Å². The molecule has 0 saturated carbocycles. The van der Waals surface area contributed by atoms with Gasteiger partial charge in [-0.15, -0.1) is 0 Å². The maximum atomic E-state index is 6.14. The Labute approximate surface area is 103 Å². The number of anilines is 1. The van der Waals surface area contributed by atoms with Crippen LogP contribution in [0.1, 0.15) is 30.7 Å². The Hall–Kier alpha value is -1.57. The van der Waals surface area contributed by atoms with Crippen molar-refractivity contribution in [1.82, 2.24) is 4.98 Å². The largest absolute Gasteiger partial charge is 0.398 e. The summed E-state index contributed by atoms with van der Waals surface area (Å²) in [6.07, 6.45) is 0.979. The molecule has 2 aromatic rings. The van der Waals surface area contributed by atoms with Crippen molar-refractivity contribution in [1.29, 1.82) is 0 Å². The molecule has 0 aliphatic heterocycles. The summed E-state index contributed by atoms with van der Waals surface area (Å²) >= 11 is 0. The van der Waals surface area contributed by atoms with Gasteiger partial charge in [-0.3, -0.25) is 4.98 Å². The fourth-order valence-corrected chi connectivity index (χ4v) is 2.37. The number of rotatable bonds is 2. The van der Waals surface area contributed by atoms with Crippen molar-refractivity contribution in [2.45, 2.75) is 34.1 Å². The van der Waals surface area contributed by atoms with Crippen molar-refractivity contribution in [3.05, 3.63) is 35.0 Å². The Morgan fingerprint density at radius 1 is 1.18 bits per heavy atom. The van der Waals surface area contributed by atoms with Crippen molar-refractivity contribution >= 4 is 16.6 Å². The van der Waals surface area contributed by atoms with Crippen LogP contribution in [-0.2, 0) is 6.42 Å². The van der Waals surface area contributed by atoms with Gasteiger partial charge < -0.3 is 5.73 Å². The van der Waals surface area contributed by atoms with E-state index in [9.17, 15) is 0 Å². The first-order valence-electron chi connectivity index (χ1n) is 6.13. The average molecular weight is 228 g/mol. The predicted octanol–water partition coefficient (Wildman–Crippen LogP) is 3.63. The second-order valence-corrected chi connectivity index (χ2v) is 5.28. The van der Waals surface area contributed by atoms with E-state index in [0.717, 1.165) is 28.7 Å². The van der Waals surface area contributed by atoms with Gasteiger partial charge in [0.15, 0.2) is 0 Å². The third-order valence-electron chi connectivity index (χ3n) is 2.95. The van der Waals surface area contributed by atoms with Gasteiger partial charge in [0.25, 0.3) is 0 Å². The molecule has 2 heteroatoms. The monoisotopic (exact) mass is 228 g/mol. The van der Waals surface area contributed by atoms with Gasteiger partial charge in [0.2, 0.25) is 0 Å². The molecule has 17 heavy (non-hydrogen) atoms. The average Bonchev–Trinajstić information content (AvgIpc) is 2.13. The minimum atomic E-state index is 0.602. The van der Waals surface area contributed by atoms with Crippen LogP contribution in [0, 0.1) is 19.8 Å². The summed E-state index contributed by atoms with van der Waals surface area (Å²) in [6.45, 7) is 8.59. The predicted molar refractivity (Wildman–Crippen MR) is 74.2 cm³/mol. The summed E-state index contributed by atoms with van der Waals surface area (Å²) in [5, 5.41) is 1.10. The number of benzene rings is 1. The smallest absolute Gasteiger partial charge is 0.0731 e. The number of aromatic nitrogens is 1. The third-order valence-corrected chi connectivity index (χ3v) is 2.95. The number of nitrogens with two attached hydrogens (primary N) is 1. The lowest BCUT2D eigenvalue weighted by molar-refractivity contribution is 0.637. The van der Waals surface area contributed by atoms with Gasteiger partial charge >= 0.3 is 0 Å². The molecule has 2 N–H and O–H groups in total. The first-order chi connectivity index (χ1) is 7.97. The lowest BCUT2D eigenvalue weighted by Crippen LogP contribution is -2.01. The Morgan fingerprint density at radius 2 is 1.88 bits per heavy atom. The number of pyridine rings is 1. The zero-order valence-electron chi connectivity index (χ0n) is 11.0. The molecule has 0 spiro atoms. The second-order valence-electron chi connectivity index (χ2n) is 5.28. The maximum Gasteiger partial charge on any atom is 0.0731 e. The number of hydrogen-bond donors (Lipinski definition) is 1. The zero-order valence-corrected chi connectivity index (χ0v) is 11.0. The van der Waals surface area contributed by atoms with Crippen molar-refractivity contribution in [2.24, 2.45) is 5.92 Å². The quantitative estimate of drug-likeness (QED) is 0.852. The van der Waals surface area contributed by atoms with Crippen LogP contribution >= 0.6 is 0 Å². The van der Waals surface area contributed by atoms with E-state index in [0.29, 0.717) is 5.92 Å². The van der Waals surface area contributed by atoms with E-state index in [2.05, 4.69) is 39.8 Å². The van der Waals surface area contributed by atoms with Crippen molar-refractivity contribution in [2.75, 3.05) is 5.73 Å². The lowest BCUT2D eigenvalue weighted by atomic mass is 10.0. The normalized spacial score (nSPS) is 11.4. The highest BCUT2D eigenvalue weighted by Crippen LogP contribution is 2.26. The molecule has 1 aromatic carbocycles. The summed E-state index contributed by atoms with van der Waals surface area (Å²) in [5.74, 6) is 0.602. The third kappa shape index (κ3) is 2.41. The highest BCUT2D eigenvalue weighted by Gasteiger charge is 2.08. The molecule has 0 radical (unpaired) electrons. The molecule has 90 valence electrons. The Kier molecular flexibility index (Phi) is 3.05. The van der Waals surface area contributed by atoms with E-state index >= 15 is 0 Å². The number of nitrogen functional groups attached to an aromatic ring is 1. The fraction of sp³-hybridized carbons (Fsp3) is 0.400. The molecule has 2 nitrogen and oxygen atoms in total. The molecule has 0 aliphatic rings. The summed E-state index contributed by atoms with van der Waals surface area (Å²) in [4.78, 5) is 4.72. The standard InChI is InChI=1S/C15H20N2/c1-9(2)5-12-8-13(16)15-11(4)6-10(3)7-14(15)17-12/h6-9H,5H2,1-4H3,(H2,16,17). The number of fused-ring (bicyclic) bond motifs is 1. The van der Waals surface area contributed by atoms with E-state index in [4.69, 9.17) is 10.7 Å². The van der Waals surface area contributed by atoms with Gasteiger partial charge in [-0.05, 0) is 49.4 Å². The minimum absolute atomic E-state index is 0.602. The molecule has 1 heterocycles. The first-order valence-corrected chi connectivity index (χ1v) is 6.13. The molecule has 0 atom stereocenters. The molecular weight excluding hydrogens is 208 g/mol. The van der Waals surface area contributed by atoms with E-state index in [1.54, 1.807) is 0 Å². The van der Waals surface area contributed by atoms with E-state index in [1.807, 2.05) is 6.07 Å². The van der Waals surface area contributed by atoms with Gasteiger partial charge in [0, 0.05) is 16.8 Å². The summed E-state index contributed by atoms with van der Waals surface area (Å²) in [7, 11) is 0. The van der Waals surface area contributed by atoms with Gasteiger partial charge in [-0.25, -0.2) is 0 Å². The van der Waals surface area contributed by atoms with Gasteiger partial charge in [-0.2, -0.15) is 0 Å². The van der Waals surface area contributed by atoms with E-state index in [1.165, 1.54) is 11.1 Å². The van der Waals surface area contributed by atoms with Gasteiger partial charge in [0.05, 0.1) is 5.52 Å². The minimum Gasteiger partial charge on any atom is -0.398 e. The molecular formula is C15H20N2. The van der Waals surface area contributed by atoms with Crippen LogP contribution in [0.2, 0.25) is 0 Å². The topological polar surface area (TPSA) is 38.9 Å². The van der Waals surface area contributed by atoms with Crippen LogP contribution in [0.3, 0.4) is 0 Å². The molecule has 0 amide bonds. The van der Waals surface area contributed by atoms with Crippen molar-refractivity contribution in [3.8, 4) is 0 Å². The number of nitrogens with zero attached hydrogens (tertiary/aromatic N) is 1. The molecule has 0 aliphatic carbocycles. The number of hydrogen-bond acceptors (Lipinski definition) is 2. The molecule has 0 unspecified atom stereocenters. The first kappa shape index (κ1) is 11.9. The van der Waals surface area contributed by atoms with Crippen molar-refractivity contribution in [3.63, 3.8) is 0 Å². The molecule has 0 bridgehead atoms. The van der Waals surface area contributed by atoms with Crippen LogP contribution in [0.25, 0.3) is 10.9 Å². The summed E-state index contributed by atoms with van der Waals surface area (Å²) < 4.78 is 0. The van der Waals surface area contributed by atoms with E-state index < -0.39 is 0 Å². The summed E-state index contributed by atoms with van der Waals surface area (Å²) in [6, 6.07) is 6.29. The van der Waals surface area contributed by atoms with Crippen LogP contribution in [0.15, 0.2) is 18.2 Å². The van der Waals surface area contributed by atoms with Crippen LogP contribution < -0.4 is 5.73 Å². The maximum absolute atomic E-state index is 6.14. The number of aryl methyl sites for hydroxylation is 2. The van der Waals surface area contributed by atoms with Crippen LogP contribution in [-0.4, -0.2) is 4.98 Å². The van der Waals surface area contributed by atoms with Crippen LogP contribution in [0.4, 0.5) is 5.69 Å². The van der Waals surface area contributed by atoms with Crippen LogP contribution in [0.5, 0.6) is 0 Å². The van der Waals surface area contributed by atoms with Gasteiger partial charge in [0.1, 0.15) is 0 Å². The highest BCUT2D eigenvalue weighted by molar-refractivity contribution is 5.93. The second kappa shape index (κ2) is 4.36. The molecule has 1 aromatic heterocycles. The molecule has 2 rings (SSSR count).